The van der Waals surface area contributed by atoms with Crippen molar-refractivity contribution in [3.05, 3.63) is 125 Å². The maximum atomic E-state index is 12.4. The lowest BCUT2D eigenvalue weighted by Crippen LogP contribution is -2.46. The van der Waals surface area contributed by atoms with E-state index in [0.29, 0.717) is 12.8 Å². The predicted molar refractivity (Wildman–Crippen MR) is 178 cm³/mol. The molecule has 7 heteroatoms. The van der Waals surface area contributed by atoms with Crippen LogP contribution in [0.1, 0.15) is 59.9 Å². The van der Waals surface area contributed by atoms with Gasteiger partial charge in [0.05, 0.1) is 5.92 Å². The molecule has 4 aromatic rings. The molecule has 0 bridgehead atoms. The highest BCUT2D eigenvalue weighted by Crippen LogP contribution is 2.36. The number of rotatable bonds is 8. The molecule has 2 heterocycles. The van der Waals surface area contributed by atoms with Crippen LogP contribution in [0.25, 0.3) is 11.1 Å². The van der Waals surface area contributed by atoms with Gasteiger partial charge in [0, 0.05) is 44.8 Å². The summed E-state index contributed by atoms with van der Waals surface area (Å²) in [5.41, 5.74) is 8.82. The molecular formula is C38H39N3O4. The number of phenolic OH excluding ortho intramolecular Hbond substituents is 2. The fraction of sp³-hybridized carbons (Fsp3) is 0.263. The lowest BCUT2D eigenvalue weighted by molar-refractivity contribution is -0.134. The summed E-state index contributed by atoms with van der Waals surface area (Å²) in [5.74, 6) is -0.168. The fourth-order valence-corrected chi connectivity index (χ4v) is 6.51. The van der Waals surface area contributed by atoms with Crippen molar-refractivity contribution >= 4 is 28.6 Å². The predicted octanol–water partition coefficient (Wildman–Crippen LogP) is 6.31. The second kappa shape index (κ2) is 13.4. The monoisotopic (exact) mass is 601 g/mol. The van der Waals surface area contributed by atoms with Crippen molar-refractivity contribution in [3.63, 3.8) is 0 Å². The number of hydrogen-bond acceptors (Lipinski definition) is 6. The highest BCUT2D eigenvalue weighted by atomic mass is 16.3. The molecular weight excluding hydrogens is 562 g/mol. The number of nitrogens with one attached hydrogen (secondary N) is 1. The molecule has 1 unspecified atom stereocenters. The summed E-state index contributed by atoms with van der Waals surface area (Å²) in [6, 6.07) is 31.7. The maximum Gasteiger partial charge on any atom is 0.234 e. The van der Waals surface area contributed by atoms with Crippen molar-refractivity contribution in [1.82, 2.24) is 10.2 Å². The van der Waals surface area contributed by atoms with Crippen molar-refractivity contribution in [1.29, 1.82) is 0 Å². The van der Waals surface area contributed by atoms with Gasteiger partial charge >= 0.3 is 0 Å². The highest BCUT2D eigenvalue weighted by Gasteiger charge is 2.28. The molecule has 0 saturated carbocycles. The van der Waals surface area contributed by atoms with Crippen LogP contribution in [0.4, 0.5) is 5.69 Å². The van der Waals surface area contributed by atoms with Crippen molar-refractivity contribution < 1.29 is 19.8 Å². The van der Waals surface area contributed by atoms with E-state index in [1.54, 1.807) is 24.3 Å². The number of nitrogens with zero attached hydrogens (tertiary/aromatic N) is 2. The molecule has 2 aliphatic heterocycles. The largest absolute Gasteiger partial charge is 0.508 e. The number of carbonyl (C=O) groups excluding carboxylic acids is 2. The summed E-state index contributed by atoms with van der Waals surface area (Å²) in [4.78, 5) is 28.8. The third kappa shape index (κ3) is 6.94. The SMILES string of the molecule is CCC(=C(c1ccc(O)cc1)c1ccc(N2CCN(Cc3cccc(C4CCC(=O)NC4=O)c3)CC2)cc1)c1ccc(O)cc1. The number of piperazine rings is 1. The molecule has 45 heavy (non-hydrogen) atoms. The molecule has 2 saturated heterocycles. The van der Waals surface area contributed by atoms with Crippen LogP contribution in [0, 0.1) is 0 Å². The van der Waals surface area contributed by atoms with Crippen LogP contribution >= 0.6 is 0 Å². The van der Waals surface area contributed by atoms with Gasteiger partial charge in [-0.15, -0.1) is 0 Å². The molecule has 0 aromatic heterocycles. The summed E-state index contributed by atoms with van der Waals surface area (Å²) in [7, 11) is 0. The van der Waals surface area contributed by atoms with Crippen LogP contribution in [0.2, 0.25) is 0 Å². The number of benzene rings is 4. The van der Waals surface area contributed by atoms with Crippen molar-refractivity contribution in [2.75, 3.05) is 31.1 Å². The average molecular weight is 602 g/mol. The minimum Gasteiger partial charge on any atom is -0.508 e. The number of imide groups is 1. The van der Waals surface area contributed by atoms with Crippen molar-refractivity contribution in [3.8, 4) is 11.5 Å². The Kier molecular flexibility index (Phi) is 8.98. The molecule has 1 atom stereocenters. The third-order valence-corrected chi connectivity index (χ3v) is 8.92. The Hall–Kier alpha value is -4.88. The van der Waals surface area contributed by atoms with Gasteiger partial charge < -0.3 is 15.1 Å². The van der Waals surface area contributed by atoms with Gasteiger partial charge in [0.25, 0.3) is 0 Å². The van der Waals surface area contributed by atoms with Crippen LogP contribution in [0.15, 0.2) is 97.1 Å². The van der Waals surface area contributed by atoms with Crippen LogP contribution in [-0.4, -0.2) is 53.1 Å². The number of piperidine rings is 1. The van der Waals surface area contributed by atoms with Gasteiger partial charge in [-0.25, -0.2) is 0 Å². The number of anilines is 1. The molecule has 2 aliphatic rings. The Labute approximate surface area is 264 Å². The van der Waals surface area contributed by atoms with E-state index < -0.39 is 0 Å². The first-order valence-electron chi connectivity index (χ1n) is 15.7. The van der Waals surface area contributed by atoms with Gasteiger partial charge in [0.1, 0.15) is 11.5 Å². The lowest BCUT2D eigenvalue weighted by atomic mass is 9.88. The number of carbonyl (C=O) groups is 2. The molecule has 230 valence electrons. The lowest BCUT2D eigenvalue weighted by Gasteiger charge is -2.36. The number of phenols is 2. The Bertz CT molecular complexity index is 1690. The van der Waals surface area contributed by atoms with Gasteiger partial charge in [-0.2, -0.15) is 0 Å². The van der Waals surface area contributed by atoms with E-state index >= 15 is 0 Å². The van der Waals surface area contributed by atoms with Gasteiger partial charge in [-0.05, 0) is 88.2 Å². The summed E-state index contributed by atoms with van der Waals surface area (Å²) < 4.78 is 0. The number of aromatic hydroxyl groups is 2. The maximum absolute atomic E-state index is 12.4. The van der Waals surface area contributed by atoms with E-state index in [1.807, 2.05) is 36.4 Å². The van der Waals surface area contributed by atoms with E-state index in [4.69, 9.17) is 0 Å². The first kappa shape index (κ1) is 30.2. The minimum atomic E-state index is -0.263. The topological polar surface area (TPSA) is 93.1 Å². The van der Waals surface area contributed by atoms with Crippen LogP contribution < -0.4 is 10.2 Å². The molecule has 2 amide bonds. The highest BCUT2D eigenvalue weighted by molar-refractivity contribution is 6.01. The van der Waals surface area contributed by atoms with Gasteiger partial charge in [-0.3, -0.25) is 19.8 Å². The second-order valence-corrected chi connectivity index (χ2v) is 11.9. The van der Waals surface area contributed by atoms with Crippen molar-refractivity contribution in [2.24, 2.45) is 0 Å². The van der Waals surface area contributed by atoms with E-state index in [1.165, 1.54) is 16.8 Å². The van der Waals surface area contributed by atoms with Gasteiger partial charge in [0.2, 0.25) is 11.8 Å². The Morgan fingerprint density at radius 2 is 1.38 bits per heavy atom. The van der Waals surface area contributed by atoms with Crippen LogP contribution in [0.5, 0.6) is 11.5 Å². The summed E-state index contributed by atoms with van der Waals surface area (Å²) in [5, 5.41) is 22.3. The molecule has 2 fully saturated rings. The molecule has 0 spiro atoms. The standard InChI is InChI=1S/C38H39N3O4/c1-2-34(27-8-14-32(42)15-9-27)37(29-10-16-33(43)17-11-29)28-6-12-31(13-7-28)41-22-20-40(21-23-41)25-26-4-3-5-30(24-26)35-18-19-36(44)39-38(35)45/h3-17,24,35,42-43H,2,18-23,25H2,1H3,(H,39,44,45). The third-order valence-electron chi connectivity index (χ3n) is 8.92. The molecule has 7 nitrogen and oxygen atoms in total. The summed E-state index contributed by atoms with van der Waals surface area (Å²) >= 11 is 0. The number of allylic oxidation sites excluding steroid dienone is 1. The van der Waals surface area contributed by atoms with Gasteiger partial charge in [0.15, 0.2) is 0 Å². The number of amides is 2. The average Bonchev–Trinajstić information content (AvgIpc) is 3.05. The summed E-state index contributed by atoms with van der Waals surface area (Å²) in [6.45, 7) is 6.67. The smallest absolute Gasteiger partial charge is 0.234 e. The molecule has 0 aliphatic carbocycles. The number of hydrogen-bond donors (Lipinski definition) is 3. The van der Waals surface area contributed by atoms with E-state index in [2.05, 4.69) is 58.4 Å². The molecule has 0 radical (unpaired) electrons. The van der Waals surface area contributed by atoms with Crippen molar-refractivity contribution in [2.45, 2.75) is 38.6 Å². The molecule has 3 N–H and O–H groups in total. The zero-order valence-corrected chi connectivity index (χ0v) is 25.6. The minimum absolute atomic E-state index is 0.186. The van der Waals surface area contributed by atoms with E-state index in [-0.39, 0.29) is 29.2 Å². The first-order chi connectivity index (χ1) is 21.9. The quantitative estimate of drug-likeness (QED) is 0.162. The molecule has 4 aromatic carbocycles. The zero-order valence-electron chi connectivity index (χ0n) is 25.6. The van der Waals surface area contributed by atoms with Crippen LogP contribution in [0.3, 0.4) is 0 Å². The van der Waals surface area contributed by atoms with Crippen LogP contribution in [-0.2, 0) is 16.1 Å². The Morgan fingerprint density at radius 1 is 0.778 bits per heavy atom. The van der Waals surface area contributed by atoms with E-state index in [9.17, 15) is 19.8 Å². The van der Waals surface area contributed by atoms with E-state index in [0.717, 1.165) is 67.0 Å². The van der Waals surface area contributed by atoms with Gasteiger partial charge in [-0.1, -0.05) is 67.6 Å². The molecule has 6 rings (SSSR count). The Morgan fingerprint density at radius 3 is 1.98 bits per heavy atom. The fourth-order valence-electron chi connectivity index (χ4n) is 6.51. The Balaban J connectivity index is 1.15. The normalized spacial score (nSPS) is 18.0. The first-order valence-corrected chi connectivity index (χ1v) is 15.7. The zero-order chi connectivity index (χ0) is 31.3. The second-order valence-electron chi connectivity index (χ2n) is 11.9. The summed E-state index contributed by atoms with van der Waals surface area (Å²) in [6.07, 6.45) is 1.76.